The molecule has 120 valence electrons. The normalized spacial score (nSPS) is 15.8. The van der Waals surface area contributed by atoms with Crippen LogP contribution in [0.2, 0.25) is 0 Å². The molecule has 0 aromatic heterocycles. The highest BCUT2D eigenvalue weighted by atomic mass is 16.5. The van der Waals surface area contributed by atoms with Gasteiger partial charge in [0.1, 0.15) is 5.75 Å². The Morgan fingerprint density at radius 2 is 1.76 bits per heavy atom. The number of rotatable bonds is 9. The van der Waals surface area contributed by atoms with Crippen molar-refractivity contribution in [3.63, 3.8) is 0 Å². The molecule has 0 aliphatic rings. The number of hydrogen-bond donors (Lipinski definition) is 1. The number of methoxy groups -OCH3 is 2. The lowest BCUT2D eigenvalue weighted by molar-refractivity contribution is 0.0786. The molecule has 0 aliphatic heterocycles. The zero-order valence-corrected chi connectivity index (χ0v) is 14.0. The van der Waals surface area contributed by atoms with E-state index in [9.17, 15) is 0 Å². The Morgan fingerprint density at radius 1 is 1.14 bits per heavy atom. The summed E-state index contributed by atoms with van der Waals surface area (Å²) < 4.78 is 10.5. The standard InChI is InChI=1S/C17H30N2O2/c1-6-13(2)19(11-12-20-4)17(14(3)18)15-7-9-16(21-5)10-8-15/h7-10,13-14,17H,6,11-12,18H2,1-5H3. The minimum Gasteiger partial charge on any atom is -0.497 e. The van der Waals surface area contributed by atoms with Gasteiger partial charge in [-0.25, -0.2) is 0 Å². The van der Waals surface area contributed by atoms with Gasteiger partial charge in [0.15, 0.2) is 0 Å². The van der Waals surface area contributed by atoms with Crippen molar-refractivity contribution in [2.75, 3.05) is 27.4 Å². The average Bonchev–Trinajstić information content (AvgIpc) is 2.50. The Bertz CT molecular complexity index is 392. The van der Waals surface area contributed by atoms with Crippen LogP contribution in [0.25, 0.3) is 0 Å². The smallest absolute Gasteiger partial charge is 0.118 e. The number of nitrogens with zero attached hydrogens (tertiary/aromatic N) is 1. The fourth-order valence-electron chi connectivity index (χ4n) is 2.66. The van der Waals surface area contributed by atoms with Crippen molar-refractivity contribution in [1.82, 2.24) is 4.90 Å². The van der Waals surface area contributed by atoms with Crippen molar-refractivity contribution >= 4 is 0 Å². The van der Waals surface area contributed by atoms with E-state index in [1.54, 1.807) is 14.2 Å². The summed E-state index contributed by atoms with van der Waals surface area (Å²) in [4.78, 5) is 2.44. The minimum atomic E-state index is 0.0456. The second-order valence-corrected chi connectivity index (χ2v) is 5.57. The van der Waals surface area contributed by atoms with Gasteiger partial charge in [0.25, 0.3) is 0 Å². The molecule has 3 atom stereocenters. The van der Waals surface area contributed by atoms with Crippen LogP contribution in [0.15, 0.2) is 24.3 Å². The molecular weight excluding hydrogens is 264 g/mol. The highest BCUT2D eigenvalue weighted by molar-refractivity contribution is 5.30. The van der Waals surface area contributed by atoms with Crippen molar-refractivity contribution in [1.29, 1.82) is 0 Å². The van der Waals surface area contributed by atoms with Crippen LogP contribution in [0.4, 0.5) is 0 Å². The summed E-state index contributed by atoms with van der Waals surface area (Å²) in [6.07, 6.45) is 1.09. The van der Waals surface area contributed by atoms with Crippen molar-refractivity contribution in [3.8, 4) is 5.75 Å². The van der Waals surface area contributed by atoms with Gasteiger partial charge < -0.3 is 15.2 Å². The predicted octanol–water partition coefficient (Wildman–Crippen LogP) is 2.83. The Balaban J connectivity index is 3.04. The van der Waals surface area contributed by atoms with E-state index in [1.165, 1.54) is 5.56 Å². The molecule has 4 nitrogen and oxygen atoms in total. The van der Waals surface area contributed by atoms with E-state index in [4.69, 9.17) is 15.2 Å². The average molecular weight is 294 g/mol. The molecular formula is C17H30N2O2. The first-order valence-corrected chi connectivity index (χ1v) is 7.69. The zero-order chi connectivity index (χ0) is 15.8. The van der Waals surface area contributed by atoms with E-state index >= 15 is 0 Å². The third-order valence-corrected chi connectivity index (χ3v) is 4.02. The quantitative estimate of drug-likeness (QED) is 0.761. The van der Waals surface area contributed by atoms with Gasteiger partial charge in [0.2, 0.25) is 0 Å². The minimum absolute atomic E-state index is 0.0456. The van der Waals surface area contributed by atoms with Gasteiger partial charge in [-0.3, -0.25) is 4.90 Å². The number of benzene rings is 1. The molecule has 0 aliphatic carbocycles. The maximum absolute atomic E-state index is 6.29. The van der Waals surface area contributed by atoms with Crippen LogP contribution in [0.3, 0.4) is 0 Å². The van der Waals surface area contributed by atoms with Crippen molar-refractivity contribution in [2.45, 2.75) is 45.3 Å². The van der Waals surface area contributed by atoms with Crippen molar-refractivity contribution in [2.24, 2.45) is 5.73 Å². The summed E-state index contributed by atoms with van der Waals surface area (Å²) in [6, 6.07) is 8.89. The first-order valence-electron chi connectivity index (χ1n) is 7.69. The van der Waals surface area contributed by atoms with Gasteiger partial charge in [-0.2, -0.15) is 0 Å². The molecule has 0 spiro atoms. The molecule has 21 heavy (non-hydrogen) atoms. The second kappa shape index (κ2) is 9.03. The second-order valence-electron chi connectivity index (χ2n) is 5.57. The first kappa shape index (κ1) is 18.0. The third kappa shape index (κ3) is 4.99. The first-order chi connectivity index (χ1) is 10.0. The summed E-state index contributed by atoms with van der Waals surface area (Å²) in [6.45, 7) is 8.11. The molecule has 0 amide bonds. The van der Waals surface area contributed by atoms with E-state index in [2.05, 4.69) is 37.8 Å². The van der Waals surface area contributed by atoms with Gasteiger partial charge in [0.05, 0.1) is 13.7 Å². The van der Waals surface area contributed by atoms with Crippen molar-refractivity contribution in [3.05, 3.63) is 29.8 Å². The molecule has 1 aromatic rings. The predicted molar refractivity (Wildman–Crippen MR) is 87.7 cm³/mol. The number of hydrogen-bond acceptors (Lipinski definition) is 4. The van der Waals surface area contributed by atoms with Crippen LogP contribution < -0.4 is 10.5 Å². The molecule has 1 aromatic carbocycles. The number of ether oxygens (including phenoxy) is 2. The van der Waals surface area contributed by atoms with Crippen LogP contribution in [0.5, 0.6) is 5.75 Å². The van der Waals surface area contributed by atoms with E-state index < -0.39 is 0 Å². The van der Waals surface area contributed by atoms with E-state index in [1.807, 2.05) is 12.1 Å². The van der Waals surface area contributed by atoms with E-state index in [0.717, 1.165) is 18.7 Å². The van der Waals surface area contributed by atoms with Crippen LogP contribution >= 0.6 is 0 Å². The summed E-state index contributed by atoms with van der Waals surface area (Å²) in [5.74, 6) is 0.870. The molecule has 0 heterocycles. The van der Waals surface area contributed by atoms with Crippen LogP contribution in [-0.2, 0) is 4.74 Å². The molecule has 0 bridgehead atoms. The van der Waals surface area contributed by atoms with Gasteiger partial charge in [-0.1, -0.05) is 19.1 Å². The topological polar surface area (TPSA) is 47.7 Å². The Morgan fingerprint density at radius 3 is 2.19 bits per heavy atom. The fraction of sp³-hybridized carbons (Fsp3) is 0.647. The molecule has 3 unspecified atom stereocenters. The molecule has 2 N–H and O–H groups in total. The lowest BCUT2D eigenvalue weighted by atomic mass is 9.97. The molecule has 0 fully saturated rings. The lowest BCUT2D eigenvalue weighted by Gasteiger charge is -2.38. The lowest BCUT2D eigenvalue weighted by Crippen LogP contribution is -2.45. The Labute approximate surface area is 129 Å². The van der Waals surface area contributed by atoms with Gasteiger partial charge in [0, 0.05) is 31.8 Å². The summed E-state index contributed by atoms with van der Waals surface area (Å²) >= 11 is 0. The Hall–Kier alpha value is -1.10. The van der Waals surface area contributed by atoms with Gasteiger partial charge in [-0.05, 0) is 38.0 Å². The monoisotopic (exact) mass is 294 g/mol. The maximum Gasteiger partial charge on any atom is 0.118 e. The summed E-state index contributed by atoms with van der Waals surface area (Å²) in [5, 5.41) is 0. The van der Waals surface area contributed by atoms with Crippen LogP contribution in [-0.4, -0.2) is 44.4 Å². The molecule has 0 radical (unpaired) electrons. The molecule has 4 heteroatoms. The van der Waals surface area contributed by atoms with Gasteiger partial charge >= 0.3 is 0 Å². The van der Waals surface area contributed by atoms with Crippen LogP contribution in [0.1, 0.15) is 38.8 Å². The highest BCUT2D eigenvalue weighted by Crippen LogP contribution is 2.28. The summed E-state index contributed by atoms with van der Waals surface area (Å²) in [7, 11) is 3.42. The Kier molecular flexibility index (Phi) is 7.72. The van der Waals surface area contributed by atoms with E-state index in [-0.39, 0.29) is 12.1 Å². The molecule has 1 rings (SSSR count). The molecule has 0 saturated carbocycles. The highest BCUT2D eigenvalue weighted by Gasteiger charge is 2.27. The maximum atomic E-state index is 6.29. The van der Waals surface area contributed by atoms with E-state index in [0.29, 0.717) is 12.6 Å². The largest absolute Gasteiger partial charge is 0.497 e. The zero-order valence-electron chi connectivity index (χ0n) is 14.0. The SMILES string of the molecule is CCC(C)N(CCOC)C(c1ccc(OC)cc1)C(C)N. The molecule has 0 saturated heterocycles. The van der Waals surface area contributed by atoms with Crippen molar-refractivity contribution < 1.29 is 9.47 Å². The summed E-state index contributed by atoms with van der Waals surface area (Å²) in [5.41, 5.74) is 7.51. The van der Waals surface area contributed by atoms with Crippen LogP contribution in [0, 0.1) is 0 Å². The third-order valence-electron chi connectivity index (χ3n) is 4.02. The van der Waals surface area contributed by atoms with Gasteiger partial charge in [-0.15, -0.1) is 0 Å². The number of nitrogens with two attached hydrogens (primary N) is 1. The fourth-order valence-corrected chi connectivity index (χ4v) is 2.66.